The Hall–Kier alpha value is -3.19. The third kappa shape index (κ3) is 3.61. The van der Waals surface area contributed by atoms with Crippen molar-refractivity contribution in [3.63, 3.8) is 0 Å². The van der Waals surface area contributed by atoms with Gasteiger partial charge in [0.05, 0.1) is 28.4 Å². The van der Waals surface area contributed by atoms with Gasteiger partial charge >= 0.3 is 0 Å². The fraction of sp³-hybridized carbons (Fsp3) is 0.143. The second-order valence-electron chi connectivity index (χ2n) is 6.21. The molecular weight excluding hydrogens is 372 g/mol. The summed E-state index contributed by atoms with van der Waals surface area (Å²) in [6, 6.07) is 18.9. The summed E-state index contributed by atoms with van der Waals surface area (Å²) in [7, 11) is -1.43. The zero-order chi connectivity index (χ0) is 19.5. The highest BCUT2D eigenvalue weighted by atomic mass is 32.2. The molecule has 0 bridgehead atoms. The van der Waals surface area contributed by atoms with Crippen molar-refractivity contribution in [2.45, 2.75) is 18.7 Å². The minimum Gasteiger partial charge on any atom is -0.494 e. The van der Waals surface area contributed by atoms with E-state index in [0.29, 0.717) is 17.3 Å². The van der Waals surface area contributed by atoms with Crippen LogP contribution in [0.15, 0.2) is 71.8 Å². The monoisotopic (exact) mass is 392 g/mol. The molecule has 0 saturated heterocycles. The maximum atomic E-state index is 12.8. The highest BCUT2D eigenvalue weighted by Gasteiger charge is 2.14. The highest BCUT2D eigenvalue weighted by Crippen LogP contribution is 2.25. The van der Waals surface area contributed by atoms with Crippen LogP contribution in [0.4, 0.5) is 5.82 Å². The molecule has 0 fully saturated rings. The van der Waals surface area contributed by atoms with Crippen LogP contribution in [0.25, 0.3) is 16.6 Å². The van der Waals surface area contributed by atoms with Gasteiger partial charge in [-0.3, -0.25) is 9.71 Å². The molecule has 28 heavy (non-hydrogen) atoms. The van der Waals surface area contributed by atoms with Gasteiger partial charge in [0.2, 0.25) is 0 Å². The third-order valence-corrected chi connectivity index (χ3v) is 5.32. The molecule has 6 nitrogen and oxygen atoms in total. The van der Waals surface area contributed by atoms with E-state index in [1.165, 1.54) is 0 Å². The van der Waals surface area contributed by atoms with Crippen LogP contribution in [-0.4, -0.2) is 25.6 Å². The third-order valence-electron chi connectivity index (χ3n) is 4.23. The van der Waals surface area contributed by atoms with E-state index in [1.807, 2.05) is 62.4 Å². The number of pyridine rings is 1. The van der Waals surface area contributed by atoms with E-state index in [-0.39, 0.29) is 0 Å². The molecule has 0 aliphatic carbocycles. The van der Waals surface area contributed by atoms with Gasteiger partial charge in [0.25, 0.3) is 0 Å². The highest BCUT2D eigenvalue weighted by molar-refractivity contribution is 7.86. The average molecular weight is 392 g/mol. The van der Waals surface area contributed by atoms with Gasteiger partial charge in [0, 0.05) is 17.6 Å². The molecule has 0 spiro atoms. The molecule has 4 rings (SSSR count). The number of benzene rings is 2. The maximum absolute atomic E-state index is 12.8. The topological polar surface area (TPSA) is 69.0 Å². The van der Waals surface area contributed by atoms with Crippen LogP contribution in [0.2, 0.25) is 0 Å². The minimum absolute atomic E-state index is 0.596. The lowest BCUT2D eigenvalue weighted by molar-refractivity contribution is 0.340. The second-order valence-corrected chi connectivity index (χ2v) is 7.42. The van der Waals surface area contributed by atoms with Crippen LogP contribution in [0.3, 0.4) is 0 Å². The summed E-state index contributed by atoms with van der Waals surface area (Å²) in [5.74, 6) is 1.41. The van der Waals surface area contributed by atoms with Crippen molar-refractivity contribution in [2.75, 3.05) is 11.3 Å². The largest absolute Gasteiger partial charge is 0.494 e. The number of aromatic nitrogens is 3. The van der Waals surface area contributed by atoms with Gasteiger partial charge in [-0.2, -0.15) is 5.10 Å². The lowest BCUT2D eigenvalue weighted by atomic mass is 10.2. The average Bonchev–Trinajstić information content (AvgIpc) is 3.08. The molecule has 4 aromatic rings. The number of aryl methyl sites for hydroxylation is 1. The van der Waals surface area contributed by atoms with E-state index in [4.69, 9.17) is 4.74 Å². The Morgan fingerprint density at radius 3 is 2.71 bits per heavy atom. The van der Waals surface area contributed by atoms with E-state index >= 15 is 0 Å². The lowest BCUT2D eigenvalue weighted by Gasteiger charge is -2.12. The predicted molar refractivity (Wildman–Crippen MR) is 111 cm³/mol. The summed E-state index contributed by atoms with van der Waals surface area (Å²) in [6.45, 7) is 4.43. The molecule has 0 amide bonds. The van der Waals surface area contributed by atoms with Crippen molar-refractivity contribution in [1.82, 2.24) is 14.8 Å². The van der Waals surface area contributed by atoms with Gasteiger partial charge in [0.1, 0.15) is 11.6 Å². The zero-order valence-electron chi connectivity index (χ0n) is 15.6. The van der Waals surface area contributed by atoms with E-state index in [1.54, 1.807) is 23.0 Å². The van der Waals surface area contributed by atoms with Gasteiger partial charge in [-0.05, 0) is 62.4 Å². The molecule has 2 aromatic heterocycles. The Labute approximate surface area is 165 Å². The van der Waals surface area contributed by atoms with Gasteiger partial charge in [0.15, 0.2) is 11.0 Å². The van der Waals surface area contributed by atoms with E-state index in [9.17, 15) is 4.21 Å². The number of hydrogen-bond acceptors (Lipinski definition) is 4. The second kappa shape index (κ2) is 7.82. The van der Waals surface area contributed by atoms with Crippen molar-refractivity contribution in [3.05, 3.63) is 72.6 Å². The van der Waals surface area contributed by atoms with Crippen LogP contribution >= 0.6 is 0 Å². The Bertz CT molecular complexity index is 1130. The summed E-state index contributed by atoms with van der Waals surface area (Å²) < 4.78 is 23.1. The molecule has 1 N–H and O–H groups in total. The van der Waals surface area contributed by atoms with E-state index in [0.717, 1.165) is 28.0 Å². The summed E-state index contributed by atoms with van der Waals surface area (Å²) in [5, 5.41) is 5.56. The first-order valence-corrected chi connectivity index (χ1v) is 10.1. The number of rotatable bonds is 6. The van der Waals surface area contributed by atoms with Crippen molar-refractivity contribution in [1.29, 1.82) is 0 Å². The van der Waals surface area contributed by atoms with Crippen LogP contribution in [0, 0.1) is 6.92 Å². The zero-order valence-corrected chi connectivity index (χ0v) is 16.4. The number of nitrogens with zero attached hydrogens (tertiary/aromatic N) is 3. The van der Waals surface area contributed by atoms with Gasteiger partial charge in [-0.15, -0.1) is 0 Å². The number of hydrogen-bond donors (Lipinski definition) is 1. The summed E-state index contributed by atoms with van der Waals surface area (Å²) in [6.07, 6.45) is 1.76. The fourth-order valence-corrected chi connectivity index (χ4v) is 3.84. The first-order valence-electron chi connectivity index (χ1n) is 8.98. The van der Waals surface area contributed by atoms with Crippen LogP contribution < -0.4 is 9.46 Å². The Morgan fingerprint density at radius 1 is 1.11 bits per heavy atom. The molecule has 0 saturated carbocycles. The predicted octanol–water partition coefficient (Wildman–Crippen LogP) is 4.26. The maximum Gasteiger partial charge on any atom is 0.151 e. The van der Waals surface area contributed by atoms with E-state index < -0.39 is 11.0 Å². The number of ether oxygens (including phenoxy) is 1. The first kappa shape index (κ1) is 18.2. The number of anilines is 1. The fourth-order valence-electron chi connectivity index (χ4n) is 3.01. The van der Waals surface area contributed by atoms with Gasteiger partial charge < -0.3 is 4.74 Å². The minimum atomic E-state index is -1.43. The van der Waals surface area contributed by atoms with Crippen LogP contribution in [0.5, 0.6) is 5.75 Å². The smallest absolute Gasteiger partial charge is 0.151 e. The van der Waals surface area contributed by atoms with Gasteiger partial charge in [-0.25, -0.2) is 8.89 Å². The Morgan fingerprint density at radius 2 is 1.93 bits per heavy atom. The standard InChI is InChI=1S/C21H20N4O2S/c1-3-27-16-9-11-17(12-10-16)28(26)24-21-14-15(2)23-25(21)20-8-4-7-19-18(20)6-5-13-22-19/h4-14,24H,3H2,1-2H3. The molecule has 2 aromatic carbocycles. The van der Waals surface area contributed by atoms with Crippen LogP contribution in [-0.2, 0) is 11.0 Å². The summed E-state index contributed by atoms with van der Waals surface area (Å²) in [4.78, 5) is 5.06. The molecule has 142 valence electrons. The molecule has 0 aliphatic heterocycles. The lowest BCUT2D eigenvalue weighted by Crippen LogP contribution is -2.10. The molecule has 0 radical (unpaired) electrons. The van der Waals surface area contributed by atoms with Crippen LogP contribution in [0.1, 0.15) is 12.6 Å². The first-order chi connectivity index (χ1) is 13.7. The van der Waals surface area contributed by atoms with Gasteiger partial charge in [-0.1, -0.05) is 6.07 Å². The normalized spacial score (nSPS) is 12.1. The summed E-state index contributed by atoms with van der Waals surface area (Å²) in [5.41, 5.74) is 2.59. The quantitative estimate of drug-likeness (QED) is 0.532. The summed E-state index contributed by atoms with van der Waals surface area (Å²) >= 11 is 0. The number of fused-ring (bicyclic) bond motifs is 1. The van der Waals surface area contributed by atoms with Crippen molar-refractivity contribution >= 4 is 27.7 Å². The molecule has 1 atom stereocenters. The van der Waals surface area contributed by atoms with Crippen molar-refractivity contribution < 1.29 is 8.95 Å². The van der Waals surface area contributed by atoms with E-state index in [2.05, 4.69) is 14.8 Å². The molecule has 0 aliphatic rings. The molecule has 1 unspecified atom stereocenters. The van der Waals surface area contributed by atoms with Crippen molar-refractivity contribution in [3.8, 4) is 11.4 Å². The SMILES string of the molecule is CCOc1ccc(S(=O)Nc2cc(C)nn2-c2cccc3ncccc23)cc1. The molecular formula is C21H20N4O2S. The Kier molecular flexibility index (Phi) is 5.08. The Balaban J connectivity index is 1.67. The molecule has 7 heteroatoms. The number of nitrogens with one attached hydrogen (secondary N) is 1. The van der Waals surface area contributed by atoms with Crippen molar-refractivity contribution in [2.24, 2.45) is 0 Å². The molecule has 2 heterocycles.